The van der Waals surface area contributed by atoms with E-state index in [0.717, 1.165) is 37.3 Å². The fraction of sp³-hybridized carbons (Fsp3) is 0.267. The molecule has 8 heteroatoms. The standard InChI is InChI=1S/C15H15ClN2O3S2/c16-13-7-8-14(22-13)23(20,21)17-12-5-3-11(4-6-12)15(19)18-9-1-2-10-18/h3-8,17H,1-2,9-10H2. The van der Waals surface area contributed by atoms with E-state index in [1.807, 2.05) is 4.90 Å². The minimum absolute atomic E-state index is 0.0121. The summed E-state index contributed by atoms with van der Waals surface area (Å²) in [5.41, 5.74) is 0.974. The van der Waals surface area contributed by atoms with Crippen LogP contribution >= 0.6 is 22.9 Å². The van der Waals surface area contributed by atoms with Crippen molar-refractivity contribution in [2.24, 2.45) is 0 Å². The van der Waals surface area contributed by atoms with Crippen LogP contribution in [0.4, 0.5) is 5.69 Å². The van der Waals surface area contributed by atoms with Gasteiger partial charge in [0.1, 0.15) is 4.21 Å². The van der Waals surface area contributed by atoms with Gasteiger partial charge in [0.05, 0.1) is 4.34 Å². The number of nitrogens with one attached hydrogen (secondary N) is 1. The lowest BCUT2D eigenvalue weighted by Crippen LogP contribution is -2.27. The van der Waals surface area contributed by atoms with Crippen LogP contribution in [0.25, 0.3) is 0 Å². The van der Waals surface area contributed by atoms with Gasteiger partial charge in [-0.25, -0.2) is 8.42 Å². The first-order valence-corrected chi connectivity index (χ1v) is 9.81. The molecule has 122 valence electrons. The summed E-state index contributed by atoms with van der Waals surface area (Å²) in [6, 6.07) is 9.46. The molecule has 1 saturated heterocycles. The highest BCUT2D eigenvalue weighted by molar-refractivity contribution is 7.94. The van der Waals surface area contributed by atoms with Gasteiger partial charge in [-0.05, 0) is 49.2 Å². The number of anilines is 1. The van der Waals surface area contributed by atoms with Crippen LogP contribution in [0.1, 0.15) is 23.2 Å². The molecule has 23 heavy (non-hydrogen) atoms. The first-order valence-electron chi connectivity index (χ1n) is 7.13. The minimum Gasteiger partial charge on any atom is -0.339 e. The van der Waals surface area contributed by atoms with Gasteiger partial charge in [0, 0.05) is 24.3 Å². The third kappa shape index (κ3) is 3.68. The minimum atomic E-state index is -3.65. The van der Waals surface area contributed by atoms with Crippen molar-refractivity contribution in [2.45, 2.75) is 17.1 Å². The van der Waals surface area contributed by atoms with Crippen molar-refractivity contribution in [3.63, 3.8) is 0 Å². The predicted octanol–water partition coefficient (Wildman–Crippen LogP) is 3.44. The summed E-state index contributed by atoms with van der Waals surface area (Å²) >= 11 is 6.76. The summed E-state index contributed by atoms with van der Waals surface area (Å²) < 4.78 is 27.5. The molecule has 2 aromatic rings. The van der Waals surface area contributed by atoms with Gasteiger partial charge in [0.15, 0.2) is 0 Å². The molecule has 0 bridgehead atoms. The lowest BCUT2D eigenvalue weighted by atomic mass is 10.2. The van der Waals surface area contributed by atoms with Crippen LogP contribution in [0.5, 0.6) is 0 Å². The lowest BCUT2D eigenvalue weighted by molar-refractivity contribution is 0.0793. The molecule has 0 saturated carbocycles. The van der Waals surface area contributed by atoms with E-state index in [4.69, 9.17) is 11.6 Å². The first-order chi connectivity index (χ1) is 11.0. The number of hydrogen-bond acceptors (Lipinski definition) is 4. The average Bonchev–Trinajstić information content (AvgIpc) is 3.18. The third-order valence-electron chi connectivity index (χ3n) is 3.59. The molecule has 1 aliphatic rings. The molecule has 1 aromatic heterocycles. The van der Waals surface area contributed by atoms with Crippen molar-refractivity contribution >= 4 is 44.6 Å². The van der Waals surface area contributed by atoms with Gasteiger partial charge in [-0.3, -0.25) is 9.52 Å². The number of carbonyl (C=O) groups excluding carboxylic acids is 1. The van der Waals surface area contributed by atoms with Gasteiger partial charge in [0.2, 0.25) is 0 Å². The molecular formula is C15H15ClN2O3S2. The van der Waals surface area contributed by atoms with E-state index in [2.05, 4.69) is 4.72 Å². The zero-order valence-electron chi connectivity index (χ0n) is 12.2. The number of carbonyl (C=O) groups is 1. The second-order valence-corrected chi connectivity index (χ2v) is 8.87. The molecule has 1 fully saturated rings. The van der Waals surface area contributed by atoms with E-state index in [1.54, 1.807) is 30.3 Å². The molecule has 1 aromatic carbocycles. The van der Waals surface area contributed by atoms with E-state index < -0.39 is 10.0 Å². The summed E-state index contributed by atoms with van der Waals surface area (Å²) in [7, 11) is -3.65. The highest BCUT2D eigenvalue weighted by atomic mass is 35.5. The summed E-state index contributed by atoms with van der Waals surface area (Å²) in [5.74, 6) is -0.0121. The topological polar surface area (TPSA) is 66.5 Å². The zero-order chi connectivity index (χ0) is 16.4. The molecular weight excluding hydrogens is 356 g/mol. The van der Waals surface area contributed by atoms with Crippen molar-refractivity contribution in [1.82, 2.24) is 4.90 Å². The summed E-state index contributed by atoms with van der Waals surface area (Å²) in [6.07, 6.45) is 2.07. The van der Waals surface area contributed by atoms with Gasteiger partial charge in [-0.2, -0.15) is 0 Å². The fourth-order valence-corrected chi connectivity index (χ4v) is 4.97. The Kier molecular flexibility index (Phi) is 4.61. The maximum Gasteiger partial charge on any atom is 0.271 e. The molecule has 1 aliphatic heterocycles. The third-order valence-corrected chi connectivity index (χ3v) is 6.70. The molecule has 1 amide bonds. The Balaban J connectivity index is 1.73. The van der Waals surface area contributed by atoms with Gasteiger partial charge in [-0.15, -0.1) is 11.3 Å². The Labute approximate surface area is 143 Å². The van der Waals surface area contributed by atoms with Crippen molar-refractivity contribution in [3.05, 3.63) is 46.3 Å². The molecule has 0 radical (unpaired) electrons. The molecule has 1 N–H and O–H groups in total. The van der Waals surface area contributed by atoms with E-state index in [1.165, 1.54) is 6.07 Å². The van der Waals surface area contributed by atoms with Gasteiger partial charge >= 0.3 is 0 Å². The van der Waals surface area contributed by atoms with Gasteiger partial charge in [0.25, 0.3) is 15.9 Å². The molecule has 0 spiro atoms. The number of benzene rings is 1. The lowest BCUT2D eigenvalue weighted by Gasteiger charge is -2.15. The quantitative estimate of drug-likeness (QED) is 0.896. The maximum absolute atomic E-state index is 12.2. The highest BCUT2D eigenvalue weighted by Crippen LogP contribution is 2.27. The fourth-order valence-electron chi connectivity index (χ4n) is 2.43. The average molecular weight is 371 g/mol. The van der Waals surface area contributed by atoms with Crippen molar-refractivity contribution in [1.29, 1.82) is 0 Å². The SMILES string of the molecule is O=C(c1ccc(NS(=O)(=O)c2ccc(Cl)s2)cc1)N1CCCC1. The Hall–Kier alpha value is -1.57. The number of halogens is 1. The maximum atomic E-state index is 12.2. The molecule has 0 aliphatic carbocycles. The van der Waals surface area contributed by atoms with Crippen LogP contribution in [0, 0.1) is 0 Å². The van der Waals surface area contributed by atoms with Crippen LogP contribution < -0.4 is 4.72 Å². The van der Waals surface area contributed by atoms with Crippen molar-refractivity contribution < 1.29 is 13.2 Å². The smallest absolute Gasteiger partial charge is 0.271 e. The van der Waals surface area contributed by atoms with Crippen LogP contribution in [0.2, 0.25) is 4.34 Å². The van der Waals surface area contributed by atoms with Crippen LogP contribution in [-0.4, -0.2) is 32.3 Å². The number of sulfonamides is 1. The predicted molar refractivity (Wildman–Crippen MR) is 91.7 cm³/mol. The monoisotopic (exact) mass is 370 g/mol. The number of amides is 1. The second-order valence-electron chi connectivity index (χ2n) is 5.24. The highest BCUT2D eigenvalue weighted by Gasteiger charge is 2.20. The van der Waals surface area contributed by atoms with Crippen molar-refractivity contribution in [2.75, 3.05) is 17.8 Å². The first kappa shape index (κ1) is 16.3. The number of rotatable bonds is 4. The van der Waals surface area contributed by atoms with Crippen LogP contribution in [-0.2, 0) is 10.0 Å². The van der Waals surface area contributed by atoms with E-state index in [9.17, 15) is 13.2 Å². The zero-order valence-corrected chi connectivity index (χ0v) is 14.5. The molecule has 2 heterocycles. The Bertz CT molecular complexity index is 810. The van der Waals surface area contributed by atoms with E-state index in [-0.39, 0.29) is 10.1 Å². The number of thiophene rings is 1. The van der Waals surface area contributed by atoms with Gasteiger partial charge < -0.3 is 4.90 Å². The summed E-state index contributed by atoms with van der Waals surface area (Å²) in [6.45, 7) is 1.57. The molecule has 0 unspecified atom stereocenters. The van der Waals surface area contributed by atoms with Crippen molar-refractivity contribution in [3.8, 4) is 0 Å². The van der Waals surface area contributed by atoms with E-state index >= 15 is 0 Å². The Morgan fingerprint density at radius 3 is 2.30 bits per heavy atom. The Morgan fingerprint density at radius 2 is 1.74 bits per heavy atom. The molecule has 5 nitrogen and oxygen atoms in total. The summed E-state index contributed by atoms with van der Waals surface area (Å²) in [4.78, 5) is 14.1. The largest absolute Gasteiger partial charge is 0.339 e. The van der Waals surface area contributed by atoms with E-state index in [0.29, 0.717) is 15.6 Å². The Morgan fingerprint density at radius 1 is 1.09 bits per heavy atom. The van der Waals surface area contributed by atoms with Crippen LogP contribution in [0.15, 0.2) is 40.6 Å². The molecule has 0 atom stereocenters. The normalized spacial score (nSPS) is 14.9. The molecule has 3 rings (SSSR count). The summed E-state index contributed by atoms with van der Waals surface area (Å²) in [5, 5.41) is 0. The van der Waals surface area contributed by atoms with Crippen LogP contribution in [0.3, 0.4) is 0 Å². The second kappa shape index (κ2) is 6.51. The number of likely N-dealkylation sites (tertiary alicyclic amines) is 1. The number of hydrogen-bond donors (Lipinski definition) is 1. The van der Waals surface area contributed by atoms with Gasteiger partial charge in [-0.1, -0.05) is 11.6 Å². The number of nitrogens with zero attached hydrogens (tertiary/aromatic N) is 1.